The van der Waals surface area contributed by atoms with E-state index in [0.717, 1.165) is 18.2 Å². The lowest BCUT2D eigenvalue weighted by Gasteiger charge is -2.04. The molecular formula is C10H8F4O2. The van der Waals surface area contributed by atoms with E-state index in [0.29, 0.717) is 0 Å². The van der Waals surface area contributed by atoms with E-state index in [1.807, 2.05) is 0 Å². The van der Waals surface area contributed by atoms with Gasteiger partial charge in [0.2, 0.25) is 0 Å². The monoisotopic (exact) mass is 236 g/mol. The van der Waals surface area contributed by atoms with Crippen molar-refractivity contribution in [3.8, 4) is 0 Å². The molecule has 0 N–H and O–H groups in total. The summed E-state index contributed by atoms with van der Waals surface area (Å²) in [5.74, 6) is -3.08. The second-order valence-corrected chi connectivity index (χ2v) is 2.93. The molecule has 0 bridgehead atoms. The molecule has 0 fully saturated rings. The molecule has 2 nitrogen and oxygen atoms in total. The van der Waals surface area contributed by atoms with Gasteiger partial charge in [0.1, 0.15) is 24.8 Å². The first-order valence-electron chi connectivity index (χ1n) is 4.35. The fourth-order valence-electron chi connectivity index (χ4n) is 1.08. The Bertz CT molecular complexity index is 359. The lowest BCUT2D eigenvalue weighted by atomic mass is 10.1. The van der Waals surface area contributed by atoms with Gasteiger partial charge < -0.3 is 4.74 Å². The Kier molecular flexibility index (Phi) is 4.42. The van der Waals surface area contributed by atoms with Crippen molar-refractivity contribution in [1.82, 2.24) is 0 Å². The van der Waals surface area contributed by atoms with Crippen molar-refractivity contribution in [2.75, 3.05) is 13.2 Å². The van der Waals surface area contributed by atoms with E-state index in [1.54, 1.807) is 0 Å². The summed E-state index contributed by atoms with van der Waals surface area (Å²) < 4.78 is 53.7. The van der Waals surface area contributed by atoms with E-state index >= 15 is 0 Å². The zero-order valence-electron chi connectivity index (χ0n) is 8.05. The number of Topliss-reactive ketones (excluding diaryl/α,β-unsaturated/α-hetero) is 1. The van der Waals surface area contributed by atoms with Gasteiger partial charge in [0.15, 0.2) is 5.78 Å². The molecule has 1 rings (SSSR count). The summed E-state index contributed by atoms with van der Waals surface area (Å²) >= 11 is 0. The predicted molar refractivity (Wildman–Crippen MR) is 47.5 cm³/mol. The second-order valence-electron chi connectivity index (χ2n) is 2.93. The number of benzene rings is 1. The summed E-state index contributed by atoms with van der Waals surface area (Å²) in [5, 5.41) is 0. The molecule has 0 spiro atoms. The molecule has 88 valence electrons. The number of hydrogen-bond donors (Lipinski definition) is 0. The van der Waals surface area contributed by atoms with Gasteiger partial charge in [-0.1, -0.05) is 6.07 Å². The molecule has 0 saturated carbocycles. The van der Waals surface area contributed by atoms with E-state index in [4.69, 9.17) is 0 Å². The predicted octanol–water partition coefficient (Wildman–Crippen LogP) is 2.43. The number of alkyl halides is 2. The summed E-state index contributed by atoms with van der Waals surface area (Å²) in [5.41, 5.74) is -0.767. The summed E-state index contributed by atoms with van der Waals surface area (Å²) in [6.07, 6.45) is -2.72. The molecule has 0 aliphatic carbocycles. The van der Waals surface area contributed by atoms with E-state index in [-0.39, 0.29) is 0 Å². The molecule has 0 saturated heterocycles. The Labute approximate surface area is 88.8 Å². The van der Waals surface area contributed by atoms with Gasteiger partial charge in [-0.05, 0) is 12.1 Å². The van der Waals surface area contributed by atoms with Gasteiger partial charge in [-0.15, -0.1) is 0 Å². The average Bonchev–Trinajstić information content (AvgIpc) is 2.16. The van der Waals surface area contributed by atoms with Gasteiger partial charge in [-0.3, -0.25) is 4.79 Å². The fourth-order valence-corrected chi connectivity index (χ4v) is 1.08. The first-order valence-corrected chi connectivity index (χ1v) is 4.35. The molecule has 1 aromatic carbocycles. The second kappa shape index (κ2) is 5.60. The van der Waals surface area contributed by atoms with Gasteiger partial charge in [0, 0.05) is 0 Å². The van der Waals surface area contributed by atoms with Crippen molar-refractivity contribution in [3.63, 3.8) is 0 Å². The Morgan fingerprint density at radius 2 is 1.81 bits per heavy atom. The van der Waals surface area contributed by atoms with Crippen LogP contribution >= 0.6 is 0 Å². The highest BCUT2D eigenvalue weighted by atomic mass is 19.3. The van der Waals surface area contributed by atoms with Crippen LogP contribution in [0.4, 0.5) is 17.6 Å². The molecular weight excluding hydrogens is 228 g/mol. The van der Waals surface area contributed by atoms with Crippen LogP contribution in [0.5, 0.6) is 0 Å². The molecule has 0 amide bonds. The van der Waals surface area contributed by atoms with Crippen LogP contribution < -0.4 is 0 Å². The van der Waals surface area contributed by atoms with Gasteiger partial charge in [-0.2, -0.15) is 0 Å². The Balaban J connectivity index is 2.66. The zero-order chi connectivity index (χ0) is 12.1. The summed E-state index contributed by atoms with van der Waals surface area (Å²) in [6.45, 7) is -1.72. The van der Waals surface area contributed by atoms with Crippen LogP contribution in [-0.4, -0.2) is 25.4 Å². The minimum absolute atomic E-state index is 0.767. The van der Waals surface area contributed by atoms with Gasteiger partial charge in [-0.25, -0.2) is 17.6 Å². The Morgan fingerprint density at radius 3 is 2.31 bits per heavy atom. The van der Waals surface area contributed by atoms with E-state index < -0.39 is 42.6 Å². The third-order valence-electron chi connectivity index (χ3n) is 1.72. The van der Waals surface area contributed by atoms with Crippen LogP contribution in [0.2, 0.25) is 0 Å². The fraction of sp³-hybridized carbons (Fsp3) is 0.300. The molecule has 16 heavy (non-hydrogen) atoms. The summed E-state index contributed by atoms with van der Waals surface area (Å²) in [7, 11) is 0. The highest BCUT2D eigenvalue weighted by Gasteiger charge is 2.17. The van der Waals surface area contributed by atoms with Crippen LogP contribution in [-0.2, 0) is 4.74 Å². The van der Waals surface area contributed by atoms with Crippen molar-refractivity contribution < 1.29 is 27.1 Å². The maximum Gasteiger partial charge on any atom is 0.261 e. The van der Waals surface area contributed by atoms with Gasteiger partial charge in [0.25, 0.3) is 6.43 Å². The number of halogens is 4. The number of hydrogen-bond acceptors (Lipinski definition) is 2. The van der Waals surface area contributed by atoms with Crippen LogP contribution in [0.15, 0.2) is 18.2 Å². The van der Waals surface area contributed by atoms with E-state index in [2.05, 4.69) is 4.74 Å². The quantitative estimate of drug-likeness (QED) is 0.579. The Hall–Kier alpha value is -1.43. The molecule has 0 aromatic heterocycles. The SMILES string of the molecule is O=C(COCC(F)F)c1c(F)cccc1F. The smallest absolute Gasteiger partial charge is 0.261 e. The minimum atomic E-state index is -2.72. The molecule has 0 heterocycles. The topological polar surface area (TPSA) is 26.3 Å². The number of ether oxygens (including phenoxy) is 1. The maximum atomic E-state index is 13.0. The van der Waals surface area contributed by atoms with Crippen molar-refractivity contribution in [1.29, 1.82) is 0 Å². The average molecular weight is 236 g/mol. The van der Waals surface area contributed by atoms with Crippen molar-refractivity contribution in [2.24, 2.45) is 0 Å². The van der Waals surface area contributed by atoms with E-state index in [9.17, 15) is 22.4 Å². The largest absolute Gasteiger partial charge is 0.367 e. The number of rotatable bonds is 5. The number of ketones is 1. The van der Waals surface area contributed by atoms with Crippen molar-refractivity contribution in [2.45, 2.75) is 6.43 Å². The number of carbonyl (C=O) groups excluding carboxylic acids is 1. The van der Waals surface area contributed by atoms with Gasteiger partial charge >= 0.3 is 0 Å². The highest BCUT2D eigenvalue weighted by Crippen LogP contribution is 2.12. The summed E-state index contributed by atoms with van der Waals surface area (Å²) in [6, 6.07) is 2.91. The molecule has 0 unspecified atom stereocenters. The molecule has 6 heteroatoms. The standard InChI is InChI=1S/C10H8F4O2/c11-6-2-1-3-7(12)10(6)8(15)4-16-5-9(13)14/h1-3,9H,4-5H2. The first kappa shape index (κ1) is 12.6. The summed E-state index contributed by atoms with van der Waals surface area (Å²) in [4.78, 5) is 11.2. The molecule has 0 atom stereocenters. The molecule has 0 radical (unpaired) electrons. The zero-order valence-corrected chi connectivity index (χ0v) is 8.05. The minimum Gasteiger partial charge on any atom is -0.367 e. The lowest BCUT2D eigenvalue weighted by molar-refractivity contribution is 0.0193. The maximum absolute atomic E-state index is 13.0. The normalized spacial score (nSPS) is 10.8. The van der Waals surface area contributed by atoms with Crippen LogP contribution in [0.25, 0.3) is 0 Å². The third-order valence-corrected chi connectivity index (χ3v) is 1.72. The van der Waals surface area contributed by atoms with Crippen molar-refractivity contribution in [3.05, 3.63) is 35.4 Å². The molecule has 0 aliphatic heterocycles. The van der Waals surface area contributed by atoms with Crippen molar-refractivity contribution >= 4 is 5.78 Å². The first-order chi connectivity index (χ1) is 7.52. The van der Waals surface area contributed by atoms with Crippen LogP contribution in [0.3, 0.4) is 0 Å². The van der Waals surface area contributed by atoms with Crippen LogP contribution in [0, 0.1) is 11.6 Å². The number of carbonyl (C=O) groups is 1. The molecule has 1 aromatic rings. The Morgan fingerprint density at radius 1 is 1.25 bits per heavy atom. The highest BCUT2D eigenvalue weighted by molar-refractivity contribution is 5.97. The molecule has 0 aliphatic rings. The lowest BCUT2D eigenvalue weighted by Crippen LogP contribution is -2.15. The third kappa shape index (κ3) is 3.30. The van der Waals surface area contributed by atoms with E-state index in [1.165, 1.54) is 0 Å². The van der Waals surface area contributed by atoms with Crippen LogP contribution in [0.1, 0.15) is 10.4 Å². The van der Waals surface area contributed by atoms with Gasteiger partial charge in [0.05, 0.1) is 5.56 Å².